The summed E-state index contributed by atoms with van der Waals surface area (Å²) >= 11 is 0. The molecule has 0 unspecified atom stereocenters. The molecule has 1 aliphatic heterocycles. The van der Waals surface area contributed by atoms with Crippen molar-refractivity contribution in [2.45, 2.75) is 31.7 Å². The molecule has 25 heavy (non-hydrogen) atoms. The molecule has 0 bridgehead atoms. The Kier molecular flexibility index (Phi) is 6.05. The van der Waals surface area contributed by atoms with Gasteiger partial charge in [0.25, 0.3) is 0 Å². The van der Waals surface area contributed by atoms with Crippen molar-refractivity contribution in [1.82, 2.24) is 9.21 Å². The topological polar surface area (TPSA) is 69.7 Å². The van der Waals surface area contributed by atoms with E-state index in [1.807, 2.05) is 6.92 Å². The van der Waals surface area contributed by atoms with Crippen LogP contribution in [0.4, 0.5) is 10.1 Å². The Bertz CT molecular complexity index is 714. The summed E-state index contributed by atoms with van der Waals surface area (Å²) in [5.41, 5.74) is -0.421. The SMILES string of the molecule is CCCS(=O)(=O)N1CCC(Nc2cccc(F)c2)(C(=O)N(C)C)CC1. The van der Waals surface area contributed by atoms with E-state index in [2.05, 4.69) is 5.32 Å². The first-order chi connectivity index (χ1) is 11.7. The zero-order valence-corrected chi connectivity index (χ0v) is 15.8. The molecule has 1 N–H and O–H groups in total. The second-order valence-corrected chi connectivity index (χ2v) is 8.72. The third-order valence-corrected chi connectivity index (χ3v) is 6.53. The minimum atomic E-state index is -3.29. The minimum absolute atomic E-state index is 0.110. The van der Waals surface area contributed by atoms with Gasteiger partial charge in [0.05, 0.1) is 5.75 Å². The first-order valence-electron chi connectivity index (χ1n) is 8.43. The van der Waals surface area contributed by atoms with Crippen molar-refractivity contribution < 1.29 is 17.6 Å². The van der Waals surface area contributed by atoms with E-state index in [1.165, 1.54) is 21.3 Å². The lowest BCUT2D eigenvalue weighted by Gasteiger charge is -2.42. The molecule has 1 aromatic carbocycles. The number of sulfonamides is 1. The number of carbonyl (C=O) groups is 1. The fourth-order valence-electron chi connectivity index (χ4n) is 3.20. The van der Waals surface area contributed by atoms with Crippen LogP contribution >= 0.6 is 0 Å². The third-order valence-electron chi connectivity index (χ3n) is 4.46. The van der Waals surface area contributed by atoms with Crippen LogP contribution in [0.1, 0.15) is 26.2 Å². The van der Waals surface area contributed by atoms with E-state index in [0.717, 1.165) is 0 Å². The highest BCUT2D eigenvalue weighted by Crippen LogP contribution is 2.30. The van der Waals surface area contributed by atoms with Gasteiger partial charge >= 0.3 is 0 Å². The van der Waals surface area contributed by atoms with Gasteiger partial charge in [0, 0.05) is 32.9 Å². The smallest absolute Gasteiger partial charge is 0.247 e. The molecule has 0 spiro atoms. The normalized spacial score (nSPS) is 17.9. The molecule has 2 rings (SSSR count). The quantitative estimate of drug-likeness (QED) is 0.829. The summed E-state index contributed by atoms with van der Waals surface area (Å²) in [6.07, 6.45) is 1.23. The molecular weight excluding hydrogens is 345 g/mol. The van der Waals surface area contributed by atoms with Crippen LogP contribution < -0.4 is 5.32 Å². The highest BCUT2D eigenvalue weighted by atomic mass is 32.2. The van der Waals surface area contributed by atoms with E-state index in [9.17, 15) is 17.6 Å². The van der Waals surface area contributed by atoms with Crippen LogP contribution in [-0.4, -0.2) is 62.0 Å². The molecule has 1 fully saturated rings. The minimum Gasteiger partial charge on any atom is -0.371 e. The molecule has 0 radical (unpaired) electrons. The van der Waals surface area contributed by atoms with Crippen LogP contribution in [-0.2, 0) is 14.8 Å². The molecule has 0 saturated carbocycles. The van der Waals surface area contributed by atoms with Crippen LogP contribution in [0.3, 0.4) is 0 Å². The van der Waals surface area contributed by atoms with E-state index in [4.69, 9.17) is 0 Å². The number of hydrogen-bond donors (Lipinski definition) is 1. The van der Waals surface area contributed by atoms with Gasteiger partial charge < -0.3 is 10.2 Å². The summed E-state index contributed by atoms with van der Waals surface area (Å²) in [4.78, 5) is 14.3. The predicted octanol–water partition coefficient (Wildman–Crippen LogP) is 1.90. The fourth-order valence-corrected chi connectivity index (χ4v) is 4.71. The average molecular weight is 371 g/mol. The average Bonchev–Trinajstić information content (AvgIpc) is 2.54. The Labute approximate surface area is 149 Å². The largest absolute Gasteiger partial charge is 0.371 e. The first kappa shape index (κ1) is 19.7. The Hall–Kier alpha value is -1.67. The zero-order valence-electron chi connectivity index (χ0n) is 15.0. The fraction of sp³-hybridized carbons (Fsp3) is 0.588. The highest BCUT2D eigenvalue weighted by molar-refractivity contribution is 7.89. The Morgan fingerprint density at radius 2 is 1.96 bits per heavy atom. The van der Waals surface area contributed by atoms with Gasteiger partial charge in [0.2, 0.25) is 15.9 Å². The van der Waals surface area contributed by atoms with Crippen molar-refractivity contribution in [2.75, 3.05) is 38.3 Å². The van der Waals surface area contributed by atoms with E-state index < -0.39 is 15.6 Å². The van der Waals surface area contributed by atoms with Gasteiger partial charge in [-0.05, 0) is 37.5 Å². The zero-order chi connectivity index (χ0) is 18.7. The number of nitrogens with one attached hydrogen (secondary N) is 1. The summed E-state index contributed by atoms with van der Waals surface area (Å²) in [5, 5.41) is 3.17. The summed E-state index contributed by atoms with van der Waals surface area (Å²) in [6, 6.07) is 5.96. The maximum absolute atomic E-state index is 13.5. The van der Waals surface area contributed by atoms with Crippen LogP contribution in [0, 0.1) is 5.82 Å². The standard InChI is InChI=1S/C17H26FN3O3S/c1-4-12-25(23,24)21-10-8-17(9-11-21,16(22)20(2)3)19-15-7-5-6-14(18)13-15/h5-7,13,19H,4,8-12H2,1-3H3. The number of piperidine rings is 1. The molecule has 1 aliphatic rings. The van der Waals surface area contributed by atoms with Gasteiger partial charge in [0.15, 0.2) is 0 Å². The number of amides is 1. The number of benzene rings is 1. The van der Waals surface area contributed by atoms with Gasteiger partial charge in [-0.3, -0.25) is 4.79 Å². The van der Waals surface area contributed by atoms with E-state index in [1.54, 1.807) is 26.2 Å². The lowest BCUT2D eigenvalue weighted by Crippen LogP contribution is -2.58. The van der Waals surface area contributed by atoms with Gasteiger partial charge in [-0.1, -0.05) is 13.0 Å². The molecular formula is C17H26FN3O3S. The van der Waals surface area contributed by atoms with Crippen molar-refractivity contribution in [3.05, 3.63) is 30.1 Å². The molecule has 1 aromatic rings. The molecule has 0 aliphatic carbocycles. The first-order valence-corrected chi connectivity index (χ1v) is 10.0. The van der Waals surface area contributed by atoms with Crippen molar-refractivity contribution in [3.63, 3.8) is 0 Å². The predicted molar refractivity (Wildman–Crippen MR) is 96.3 cm³/mol. The van der Waals surface area contributed by atoms with E-state index in [-0.39, 0.29) is 30.6 Å². The maximum Gasteiger partial charge on any atom is 0.247 e. The second kappa shape index (κ2) is 7.70. The maximum atomic E-state index is 13.5. The van der Waals surface area contributed by atoms with Gasteiger partial charge in [-0.15, -0.1) is 0 Å². The number of halogens is 1. The number of rotatable bonds is 6. The van der Waals surface area contributed by atoms with Crippen LogP contribution in [0.5, 0.6) is 0 Å². The molecule has 140 valence electrons. The van der Waals surface area contributed by atoms with Crippen molar-refractivity contribution in [1.29, 1.82) is 0 Å². The number of hydrogen-bond acceptors (Lipinski definition) is 4. The van der Waals surface area contributed by atoms with Crippen LogP contribution in [0.25, 0.3) is 0 Å². The summed E-state index contributed by atoms with van der Waals surface area (Å²) < 4.78 is 39.5. The summed E-state index contributed by atoms with van der Waals surface area (Å²) in [7, 11) is 0.0400. The lowest BCUT2D eigenvalue weighted by molar-refractivity contribution is -0.134. The van der Waals surface area contributed by atoms with Crippen molar-refractivity contribution in [3.8, 4) is 0 Å². The molecule has 0 aromatic heterocycles. The Morgan fingerprint density at radius 1 is 1.32 bits per heavy atom. The van der Waals surface area contributed by atoms with Crippen LogP contribution in [0.2, 0.25) is 0 Å². The summed E-state index contributed by atoms with van der Waals surface area (Å²) in [6.45, 7) is 2.36. The molecule has 1 saturated heterocycles. The highest BCUT2D eigenvalue weighted by Gasteiger charge is 2.44. The number of nitrogens with zero attached hydrogens (tertiary/aromatic N) is 2. The number of anilines is 1. The Balaban J connectivity index is 2.23. The van der Waals surface area contributed by atoms with Crippen molar-refractivity contribution >= 4 is 21.6 Å². The monoisotopic (exact) mass is 371 g/mol. The second-order valence-electron chi connectivity index (χ2n) is 6.63. The van der Waals surface area contributed by atoms with E-state index >= 15 is 0 Å². The molecule has 6 nitrogen and oxygen atoms in total. The van der Waals surface area contributed by atoms with Gasteiger partial charge in [-0.2, -0.15) is 0 Å². The Morgan fingerprint density at radius 3 is 2.48 bits per heavy atom. The number of likely N-dealkylation sites (N-methyl/N-ethyl adjacent to an activating group) is 1. The molecule has 0 atom stereocenters. The van der Waals surface area contributed by atoms with Crippen LogP contribution in [0.15, 0.2) is 24.3 Å². The van der Waals surface area contributed by atoms with E-state index in [0.29, 0.717) is 24.9 Å². The number of carbonyl (C=O) groups excluding carboxylic acids is 1. The van der Waals surface area contributed by atoms with Gasteiger partial charge in [-0.25, -0.2) is 17.1 Å². The molecule has 1 heterocycles. The summed E-state index contributed by atoms with van der Waals surface area (Å²) in [5.74, 6) is -0.413. The molecule has 1 amide bonds. The van der Waals surface area contributed by atoms with Gasteiger partial charge in [0.1, 0.15) is 11.4 Å². The molecule has 8 heteroatoms. The van der Waals surface area contributed by atoms with Crippen molar-refractivity contribution in [2.24, 2.45) is 0 Å². The lowest BCUT2D eigenvalue weighted by atomic mass is 9.86. The third kappa shape index (κ3) is 4.49.